The van der Waals surface area contributed by atoms with Gasteiger partial charge in [-0.3, -0.25) is 0 Å². The topological polar surface area (TPSA) is 37.8 Å². The van der Waals surface area contributed by atoms with E-state index in [4.69, 9.17) is 4.98 Å². The van der Waals surface area contributed by atoms with Crippen molar-refractivity contribution in [3.63, 3.8) is 0 Å². The van der Waals surface area contributed by atoms with Crippen molar-refractivity contribution in [2.75, 3.05) is 12.4 Å². The van der Waals surface area contributed by atoms with Crippen LogP contribution >= 0.6 is 0 Å². The molecule has 1 aromatic heterocycles. The van der Waals surface area contributed by atoms with E-state index in [1.165, 1.54) is 6.07 Å². The maximum atomic E-state index is 13.5. The van der Waals surface area contributed by atoms with Gasteiger partial charge in [-0.1, -0.05) is 20.8 Å². The molecule has 1 heterocycles. The molecule has 2 rings (SSSR count). The lowest BCUT2D eigenvalue weighted by molar-refractivity contribution is 0.546. The van der Waals surface area contributed by atoms with Crippen LogP contribution in [0.5, 0.6) is 0 Å². The number of rotatable bonds is 2. The molecule has 0 aliphatic rings. The summed E-state index contributed by atoms with van der Waals surface area (Å²) in [4.78, 5) is 9.31. The average molecular weight is 287 g/mol. The van der Waals surface area contributed by atoms with Gasteiger partial charge in [0.2, 0.25) is 0 Å². The van der Waals surface area contributed by atoms with Gasteiger partial charge in [0.05, 0.1) is 5.69 Å². The molecule has 0 aliphatic heterocycles. The largest absolute Gasteiger partial charge is 0.373 e. The number of hydrogen-bond donors (Lipinski definition) is 1. The van der Waals surface area contributed by atoms with Gasteiger partial charge >= 0.3 is 0 Å². The summed E-state index contributed by atoms with van der Waals surface area (Å²) in [6.07, 6.45) is 0. The van der Waals surface area contributed by atoms with E-state index in [9.17, 15) is 4.39 Å². The van der Waals surface area contributed by atoms with Crippen LogP contribution < -0.4 is 5.32 Å². The standard InChI is InChI=1S/C17H22FN3/c1-10-9-12(7-8-13(10)18)14-11(2)15(19-6)21-16(20-14)17(3,4)5/h7-9H,1-6H3,(H,19,20,21). The summed E-state index contributed by atoms with van der Waals surface area (Å²) in [5, 5.41) is 3.12. The lowest BCUT2D eigenvalue weighted by Crippen LogP contribution is -2.18. The zero-order valence-corrected chi connectivity index (χ0v) is 13.5. The van der Waals surface area contributed by atoms with Crippen LogP contribution in [0.2, 0.25) is 0 Å². The minimum atomic E-state index is -0.199. The second-order valence-electron chi connectivity index (χ2n) is 6.33. The van der Waals surface area contributed by atoms with Crippen molar-refractivity contribution in [2.24, 2.45) is 0 Å². The smallest absolute Gasteiger partial charge is 0.136 e. The molecule has 0 spiro atoms. The third-order valence-electron chi connectivity index (χ3n) is 3.48. The van der Waals surface area contributed by atoms with Gasteiger partial charge in [-0.15, -0.1) is 0 Å². The molecular formula is C17H22FN3. The summed E-state index contributed by atoms with van der Waals surface area (Å²) < 4.78 is 13.5. The van der Waals surface area contributed by atoms with Crippen molar-refractivity contribution in [3.8, 4) is 11.3 Å². The minimum absolute atomic E-state index is 0.150. The van der Waals surface area contributed by atoms with Crippen LogP contribution in [0.4, 0.5) is 10.2 Å². The Labute approximate surface area is 125 Å². The van der Waals surface area contributed by atoms with Crippen LogP contribution in [-0.4, -0.2) is 17.0 Å². The molecule has 0 saturated heterocycles. The number of hydrogen-bond acceptors (Lipinski definition) is 3. The molecule has 21 heavy (non-hydrogen) atoms. The highest BCUT2D eigenvalue weighted by molar-refractivity contribution is 5.68. The third-order valence-corrected chi connectivity index (χ3v) is 3.48. The highest BCUT2D eigenvalue weighted by Crippen LogP contribution is 2.30. The van der Waals surface area contributed by atoms with Gasteiger partial charge in [-0.2, -0.15) is 0 Å². The zero-order chi connectivity index (χ0) is 15.8. The number of aryl methyl sites for hydroxylation is 1. The molecule has 0 amide bonds. The molecule has 0 saturated carbocycles. The molecule has 0 unspecified atom stereocenters. The number of halogens is 1. The number of benzene rings is 1. The van der Waals surface area contributed by atoms with Gasteiger partial charge in [0, 0.05) is 23.6 Å². The second kappa shape index (κ2) is 5.43. The summed E-state index contributed by atoms with van der Waals surface area (Å²) in [6, 6.07) is 5.09. The van der Waals surface area contributed by atoms with Gasteiger partial charge in [0.25, 0.3) is 0 Å². The van der Waals surface area contributed by atoms with Crippen molar-refractivity contribution in [3.05, 3.63) is 41.0 Å². The van der Waals surface area contributed by atoms with Crippen LogP contribution in [0.1, 0.15) is 37.7 Å². The lowest BCUT2D eigenvalue weighted by atomic mass is 9.94. The molecular weight excluding hydrogens is 265 g/mol. The molecule has 0 bridgehead atoms. The van der Waals surface area contributed by atoms with Crippen molar-refractivity contribution in [2.45, 2.75) is 40.0 Å². The summed E-state index contributed by atoms with van der Waals surface area (Å²) in [5.74, 6) is 1.39. The summed E-state index contributed by atoms with van der Waals surface area (Å²) in [5.41, 5.74) is 3.20. The highest BCUT2D eigenvalue weighted by Gasteiger charge is 2.21. The molecule has 0 fully saturated rings. The zero-order valence-electron chi connectivity index (χ0n) is 13.5. The molecule has 0 atom stereocenters. The molecule has 2 aromatic rings. The SMILES string of the molecule is CNc1nc(C(C)(C)C)nc(-c2ccc(F)c(C)c2)c1C. The first-order chi connectivity index (χ1) is 9.74. The Bertz CT molecular complexity index is 672. The Morgan fingerprint density at radius 2 is 1.76 bits per heavy atom. The van der Waals surface area contributed by atoms with Crippen LogP contribution in [0.15, 0.2) is 18.2 Å². The lowest BCUT2D eigenvalue weighted by Gasteiger charge is -2.20. The van der Waals surface area contributed by atoms with Gasteiger partial charge in [0.1, 0.15) is 17.5 Å². The number of aromatic nitrogens is 2. The van der Waals surface area contributed by atoms with Gasteiger partial charge in [0.15, 0.2) is 0 Å². The van der Waals surface area contributed by atoms with E-state index in [0.29, 0.717) is 5.56 Å². The first-order valence-corrected chi connectivity index (χ1v) is 7.07. The monoisotopic (exact) mass is 287 g/mol. The van der Waals surface area contributed by atoms with Crippen LogP contribution in [0.3, 0.4) is 0 Å². The average Bonchev–Trinajstić information content (AvgIpc) is 2.41. The van der Waals surface area contributed by atoms with Crippen LogP contribution in [-0.2, 0) is 5.41 Å². The Balaban J connectivity index is 2.69. The fourth-order valence-electron chi connectivity index (χ4n) is 2.17. The predicted molar refractivity (Wildman–Crippen MR) is 85.1 cm³/mol. The van der Waals surface area contributed by atoms with E-state index in [1.807, 2.05) is 20.0 Å². The van der Waals surface area contributed by atoms with E-state index in [0.717, 1.165) is 28.5 Å². The number of nitrogens with zero attached hydrogens (tertiary/aromatic N) is 2. The Morgan fingerprint density at radius 3 is 2.29 bits per heavy atom. The highest BCUT2D eigenvalue weighted by atomic mass is 19.1. The third kappa shape index (κ3) is 3.04. The van der Waals surface area contributed by atoms with Crippen molar-refractivity contribution in [1.82, 2.24) is 9.97 Å². The first-order valence-electron chi connectivity index (χ1n) is 7.07. The van der Waals surface area contributed by atoms with Gasteiger partial charge in [-0.05, 0) is 37.6 Å². The summed E-state index contributed by atoms with van der Waals surface area (Å²) >= 11 is 0. The van der Waals surface area contributed by atoms with Crippen molar-refractivity contribution >= 4 is 5.82 Å². The molecule has 0 aliphatic carbocycles. The second-order valence-corrected chi connectivity index (χ2v) is 6.33. The van der Waals surface area contributed by atoms with E-state index in [1.54, 1.807) is 13.0 Å². The quantitative estimate of drug-likeness (QED) is 0.897. The molecule has 1 aromatic carbocycles. The predicted octanol–water partition coefficient (Wildman–Crippen LogP) is 4.24. The molecule has 3 nitrogen and oxygen atoms in total. The summed E-state index contributed by atoms with van der Waals surface area (Å²) in [7, 11) is 1.85. The number of anilines is 1. The van der Waals surface area contributed by atoms with Gasteiger partial charge in [-0.25, -0.2) is 14.4 Å². The maximum absolute atomic E-state index is 13.5. The number of nitrogens with one attached hydrogen (secondary N) is 1. The Kier molecular flexibility index (Phi) is 3.99. The maximum Gasteiger partial charge on any atom is 0.136 e. The van der Waals surface area contributed by atoms with E-state index >= 15 is 0 Å². The summed E-state index contributed by atoms with van der Waals surface area (Å²) in [6.45, 7) is 9.98. The normalized spacial score (nSPS) is 11.6. The van der Waals surface area contributed by atoms with Crippen LogP contribution in [0.25, 0.3) is 11.3 Å². The Morgan fingerprint density at radius 1 is 1.10 bits per heavy atom. The van der Waals surface area contributed by atoms with E-state index in [-0.39, 0.29) is 11.2 Å². The van der Waals surface area contributed by atoms with Crippen molar-refractivity contribution in [1.29, 1.82) is 0 Å². The molecule has 112 valence electrons. The van der Waals surface area contributed by atoms with Crippen molar-refractivity contribution < 1.29 is 4.39 Å². The van der Waals surface area contributed by atoms with E-state index < -0.39 is 0 Å². The minimum Gasteiger partial charge on any atom is -0.373 e. The molecule has 4 heteroatoms. The fraction of sp³-hybridized carbons (Fsp3) is 0.412. The molecule has 0 radical (unpaired) electrons. The molecule has 1 N–H and O–H groups in total. The van der Waals surface area contributed by atoms with Gasteiger partial charge < -0.3 is 5.32 Å². The van der Waals surface area contributed by atoms with Crippen LogP contribution in [0, 0.1) is 19.7 Å². The fourth-order valence-corrected chi connectivity index (χ4v) is 2.17. The Hall–Kier alpha value is -1.97. The van der Waals surface area contributed by atoms with E-state index in [2.05, 4.69) is 31.1 Å². The first kappa shape index (κ1) is 15.4.